The summed E-state index contributed by atoms with van der Waals surface area (Å²) in [4.78, 5) is 8.14. The van der Waals surface area contributed by atoms with Crippen LogP contribution in [0.5, 0.6) is 0 Å². The van der Waals surface area contributed by atoms with E-state index in [9.17, 15) is 5.11 Å². The maximum atomic E-state index is 10.1. The summed E-state index contributed by atoms with van der Waals surface area (Å²) in [5.41, 5.74) is -0.516. The Morgan fingerprint density at radius 3 is 2.00 bits per heavy atom. The quantitative estimate of drug-likeness (QED) is 0.901. The molecular formula is C18H30N2OS. The summed E-state index contributed by atoms with van der Waals surface area (Å²) >= 11 is 1.99. The van der Waals surface area contributed by atoms with Crippen molar-refractivity contribution in [2.24, 2.45) is 5.92 Å². The fourth-order valence-corrected chi connectivity index (χ4v) is 4.87. The molecule has 0 aromatic carbocycles. The topological polar surface area (TPSA) is 26.7 Å². The van der Waals surface area contributed by atoms with Crippen LogP contribution in [0.4, 0.5) is 0 Å². The molecule has 2 aliphatic rings. The van der Waals surface area contributed by atoms with Crippen LogP contribution < -0.4 is 0 Å². The first kappa shape index (κ1) is 16.4. The number of rotatable bonds is 5. The van der Waals surface area contributed by atoms with E-state index < -0.39 is 5.60 Å². The Labute approximate surface area is 138 Å². The first-order chi connectivity index (χ1) is 10.5. The zero-order valence-corrected chi connectivity index (χ0v) is 14.9. The number of nitrogens with zero attached hydrogens (tertiary/aromatic N) is 2. The van der Waals surface area contributed by atoms with Gasteiger partial charge in [-0.1, -0.05) is 0 Å². The van der Waals surface area contributed by atoms with Gasteiger partial charge < -0.3 is 5.11 Å². The minimum absolute atomic E-state index is 0.456. The lowest BCUT2D eigenvalue weighted by molar-refractivity contribution is -0.0135. The molecule has 124 valence electrons. The smallest absolute Gasteiger partial charge is 0.0620 e. The maximum Gasteiger partial charge on any atom is 0.0620 e. The van der Waals surface area contributed by atoms with E-state index in [1.165, 1.54) is 35.7 Å². The van der Waals surface area contributed by atoms with Crippen molar-refractivity contribution in [1.82, 2.24) is 9.80 Å². The van der Waals surface area contributed by atoms with Gasteiger partial charge in [0.15, 0.2) is 0 Å². The summed E-state index contributed by atoms with van der Waals surface area (Å²) in [6.45, 7) is 10.9. The van der Waals surface area contributed by atoms with E-state index in [1.54, 1.807) is 0 Å². The first-order valence-corrected chi connectivity index (χ1v) is 9.57. The van der Waals surface area contributed by atoms with Gasteiger partial charge in [-0.2, -0.15) is 0 Å². The van der Waals surface area contributed by atoms with Gasteiger partial charge in [0.2, 0.25) is 0 Å². The largest absolute Gasteiger partial charge is 0.390 e. The van der Waals surface area contributed by atoms with Gasteiger partial charge in [0.05, 0.1) is 5.60 Å². The molecule has 0 spiro atoms. The minimum Gasteiger partial charge on any atom is -0.390 e. The average Bonchev–Trinajstić information content (AvgIpc) is 3.11. The lowest BCUT2D eigenvalue weighted by Gasteiger charge is -2.37. The van der Waals surface area contributed by atoms with Crippen LogP contribution in [0.1, 0.15) is 49.3 Å². The second kappa shape index (κ2) is 7.00. The average molecular weight is 323 g/mol. The van der Waals surface area contributed by atoms with Gasteiger partial charge in [-0.25, -0.2) is 0 Å². The first-order valence-electron chi connectivity index (χ1n) is 8.75. The van der Waals surface area contributed by atoms with Gasteiger partial charge in [-0.3, -0.25) is 9.80 Å². The van der Waals surface area contributed by atoms with Crippen LogP contribution in [-0.4, -0.2) is 46.7 Å². The summed E-state index contributed by atoms with van der Waals surface area (Å²) < 4.78 is 0. The van der Waals surface area contributed by atoms with Crippen molar-refractivity contribution in [2.75, 3.05) is 26.2 Å². The van der Waals surface area contributed by atoms with E-state index in [2.05, 4.69) is 21.9 Å². The molecule has 2 aliphatic heterocycles. The van der Waals surface area contributed by atoms with Crippen molar-refractivity contribution in [2.45, 2.75) is 58.2 Å². The van der Waals surface area contributed by atoms with Gasteiger partial charge in [0.25, 0.3) is 0 Å². The Balaban J connectivity index is 1.47. The summed E-state index contributed by atoms with van der Waals surface area (Å²) in [5.74, 6) is 0.456. The standard InChI is InChI=1S/C18H30N2OS/c1-18(2,21)15-7-11-20(12-8-15)14-17-6-5-16(22-17)13-19-9-3-4-10-19/h5-6,15,21H,3-4,7-14H2,1-2H3. The molecule has 4 heteroatoms. The third-order valence-corrected chi connectivity index (χ3v) is 6.32. The fraction of sp³-hybridized carbons (Fsp3) is 0.778. The molecule has 0 saturated carbocycles. The molecule has 22 heavy (non-hydrogen) atoms. The molecule has 3 heterocycles. The molecule has 3 nitrogen and oxygen atoms in total. The number of aliphatic hydroxyl groups is 1. The van der Waals surface area contributed by atoms with E-state index in [4.69, 9.17) is 0 Å². The highest BCUT2D eigenvalue weighted by Gasteiger charge is 2.30. The maximum absolute atomic E-state index is 10.1. The molecule has 1 aromatic heterocycles. The number of thiophene rings is 1. The second-order valence-corrected chi connectivity index (χ2v) is 8.81. The third-order valence-electron chi connectivity index (χ3n) is 5.26. The van der Waals surface area contributed by atoms with Crippen LogP contribution in [0.2, 0.25) is 0 Å². The molecule has 0 aliphatic carbocycles. The Bertz CT molecular complexity index is 466. The zero-order chi connectivity index (χ0) is 15.6. The molecule has 2 saturated heterocycles. The number of piperidine rings is 1. The second-order valence-electron chi connectivity index (χ2n) is 7.56. The number of hydrogen-bond acceptors (Lipinski definition) is 4. The van der Waals surface area contributed by atoms with Crippen molar-refractivity contribution in [3.63, 3.8) is 0 Å². The zero-order valence-electron chi connectivity index (χ0n) is 14.1. The van der Waals surface area contributed by atoms with Crippen LogP contribution in [0.15, 0.2) is 12.1 Å². The third kappa shape index (κ3) is 4.31. The lowest BCUT2D eigenvalue weighted by atomic mass is 9.83. The van der Waals surface area contributed by atoms with Crippen molar-refractivity contribution in [1.29, 1.82) is 0 Å². The van der Waals surface area contributed by atoms with E-state index >= 15 is 0 Å². The van der Waals surface area contributed by atoms with E-state index in [1.807, 2.05) is 25.2 Å². The molecule has 0 atom stereocenters. The van der Waals surface area contributed by atoms with Crippen LogP contribution in [0.3, 0.4) is 0 Å². The van der Waals surface area contributed by atoms with Crippen LogP contribution in [-0.2, 0) is 13.1 Å². The predicted molar refractivity (Wildman–Crippen MR) is 93.1 cm³/mol. The van der Waals surface area contributed by atoms with E-state index in [0.29, 0.717) is 5.92 Å². The van der Waals surface area contributed by atoms with E-state index in [0.717, 1.165) is 39.0 Å². The predicted octanol–water partition coefficient (Wildman–Crippen LogP) is 3.33. The lowest BCUT2D eigenvalue weighted by Crippen LogP contribution is -2.41. The van der Waals surface area contributed by atoms with Crippen molar-refractivity contribution >= 4 is 11.3 Å². The molecule has 2 fully saturated rings. The molecule has 0 amide bonds. The SMILES string of the molecule is CC(C)(O)C1CCN(Cc2ccc(CN3CCCC3)s2)CC1. The van der Waals surface area contributed by atoms with Gasteiger partial charge >= 0.3 is 0 Å². The van der Waals surface area contributed by atoms with Crippen LogP contribution in [0.25, 0.3) is 0 Å². The van der Waals surface area contributed by atoms with Crippen LogP contribution in [0, 0.1) is 5.92 Å². The van der Waals surface area contributed by atoms with Crippen molar-refractivity contribution in [3.8, 4) is 0 Å². The minimum atomic E-state index is -0.516. The molecule has 0 radical (unpaired) electrons. The highest BCUT2D eigenvalue weighted by molar-refractivity contribution is 7.11. The Morgan fingerprint density at radius 1 is 1.00 bits per heavy atom. The Morgan fingerprint density at radius 2 is 1.50 bits per heavy atom. The van der Waals surface area contributed by atoms with Gasteiger partial charge in [0, 0.05) is 22.8 Å². The van der Waals surface area contributed by atoms with Crippen molar-refractivity contribution < 1.29 is 5.11 Å². The van der Waals surface area contributed by atoms with Gasteiger partial charge in [-0.05, 0) is 83.8 Å². The molecule has 1 N–H and O–H groups in total. The highest BCUT2D eigenvalue weighted by atomic mass is 32.1. The van der Waals surface area contributed by atoms with E-state index in [-0.39, 0.29) is 0 Å². The van der Waals surface area contributed by atoms with Gasteiger partial charge in [0.1, 0.15) is 0 Å². The molecular weight excluding hydrogens is 292 g/mol. The molecule has 1 aromatic rings. The van der Waals surface area contributed by atoms with Gasteiger partial charge in [-0.15, -0.1) is 11.3 Å². The summed E-state index contributed by atoms with van der Waals surface area (Å²) in [5, 5.41) is 10.1. The highest BCUT2D eigenvalue weighted by Crippen LogP contribution is 2.29. The molecule has 0 unspecified atom stereocenters. The monoisotopic (exact) mass is 322 g/mol. The molecule has 0 bridgehead atoms. The van der Waals surface area contributed by atoms with Crippen molar-refractivity contribution in [3.05, 3.63) is 21.9 Å². The Hall–Kier alpha value is -0.420. The summed E-state index contributed by atoms with van der Waals surface area (Å²) in [7, 11) is 0. The number of hydrogen-bond donors (Lipinski definition) is 1. The number of likely N-dealkylation sites (tertiary alicyclic amines) is 2. The fourth-order valence-electron chi connectivity index (χ4n) is 3.77. The summed E-state index contributed by atoms with van der Waals surface area (Å²) in [6, 6.07) is 4.64. The Kier molecular flexibility index (Phi) is 5.23. The normalized spacial score (nSPS) is 22.5. The molecule has 3 rings (SSSR count). The van der Waals surface area contributed by atoms with Crippen LogP contribution >= 0.6 is 11.3 Å². The summed E-state index contributed by atoms with van der Waals surface area (Å²) in [6.07, 6.45) is 4.98.